The molecule has 0 N–H and O–H groups in total. The van der Waals surface area contributed by atoms with E-state index in [9.17, 15) is 8.42 Å². The molecule has 0 aliphatic carbocycles. The van der Waals surface area contributed by atoms with Crippen LogP contribution in [0.4, 0.5) is 0 Å². The second kappa shape index (κ2) is 7.38. The number of hydrogen-bond donors (Lipinski definition) is 0. The lowest BCUT2D eigenvalue weighted by Crippen LogP contribution is -2.22. The van der Waals surface area contributed by atoms with E-state index < -0.39 is 17.9 Å². The number of benzene rings is 1. The topological polar surface area (TPSA) is 43.4 Å². The predicted octanol–water partition coefficient (Wildman–Crippen LogP) is 3.51. The minimum Gasteiger partial charge on any atom is -0.382 e. The first-order chi connectivity index (χ1) is 9.21. The molecule has 0 heterocycles. The summed E-state index contributed by atoms with van der Waals surface area (Å²) in [5.41, 5.74) is 1.07. The van der Waals surface area contributed by atoms with Gasteiger partial charge in [0.2, 0.25) is 0 Å². The van der Waals surface area contributed by atoms with Gasteiger partial charge in [0.15, 0.2) is 9.84 Å². The molecule has 0 unspecified atom stereocenters. The van der Waals surface area contributed by atoms with Crippen molar-refractivity contribution >= 4 is 17.9 Å². The zero-order valence-electron chi connectivity index (χ0n) is 13.0. The molecule has 1 rings (SSSR count). The van der Waals surface area contributed by atoms with Gasteiger partial charge in [0.25, 0.3) is 0 Å². The van der Waals surface area contributed by atoms with Crippen LogP contribution in [0.2, 0.25) is 25.7 Å². The van der Waals surface area contributed by atoms with Crippen molar-refractivity contribution in [2.75, 3.05) is 19.0 Å². The molecule has 0 aromatic heterocycles. The first-order valence-electron chi connectivity index (χ1n) is 7.08. The van der Waals surface area contributed by atoms with E-state index in [1.54, 1.807) is 12.1 Å². The zero-order valence-corrected chi connectivity index (χ0v) is 14.8. The number of ether oxygens (including phenoxy) is 1. The van der Waals surface area contributed by atoms with E-state index >= 15 is 0 Å². The van der Waals surface area contributed by atoms with Crippen LogP contribution in [0.15, 0.2) is 29.2 Å². The van der Waals surface area contributed by atoms with E-state index in [2.05, 4.69) is 19.6 Å². The first-order valence-corrected chi connectivity index (χ1v) is 12.4. The van der Waals surface area contributed by atoms with E-state index in [1.807, 2.05) is 19.1 Å². The Balaban J connectivity index is 2.32. The second-order valence-electron chi connectivity index (χ2n) is 6.41. The number of hydrogen-bond acceptors (Lipinski definition) is 3. The molecule has 0 aliphatic rings. The van der Waals surface area contributed by atoms with Gasteiger partial charge in [-0.05, 0) is 31.5 Å². The van der Waals surface area contributed by atoms with Gasteiger partial charge >= 0.3 is 0 Å². The minimum atomic E-state index is -3.16. The van der Waals surface area contributed by atoms with Crippen LogP contribution >= 0.6 is 0 Å². The predicted molar refractivity (Wildman–Crippen MR) is 86.8 cm³/mol. The van der Waals surface area contributed by atoms with Gasteiger partial charge in [0.1, 0.15) is 0 Å². The molecular formula is C15H26O3SSi. The van der Waals surface area contributed by atoms with Crippen LogP contribution in [-0.2, 0) is 14.6 Å². The van der Waals surface area contributed by atoms with Crippen LogP contribution in [0.25, 0.3) is 0 Å². The molecule has 0 amide bonds. The molecule has 0 bridgehead atoms. The molecule has 0 spiro atoms. The molecule has 20 heavy (non-hydrogen) atoms. The van der Waals surface area contributed by atoms with Crippen LogP contribution in [0.3, 0.4) is 0 Å². The van der Waals surface area contributed by atoms with Crippen molar-refractivity contribution in [1.29, 1.82) is 0 Å². The largest absolute Gasteiger partial charge is 0.382 e. The summed E-state index contributed by atoms with van der Waals surface area (Å²) >= 11 is 0. The molecule has 0 atom stereocenters. The Morgan fingerprint density at radius 1 is 1.05 bits per heavy atom. The first kappa shape index (κ1) is 17.4. The Kier molecular flexibility index (Phi) is 6.42. The fourth-order valence-corrected chi connectivity index (χ4v) is 3.74. The quantitative estimate of drug-likeness (QED) is 0.545. The molecule has 0 saturated heterocycles. The van der Waals surface area contributed by atoms with Crippen molar-refractivity contribution in [3.63, 3.8) is 0 Å². The molecule has 3 nitrogen and oxygen atoms in total. The van der Waals surface area contributed by atoms with Gasteiger partial charge in [0.05, 0.1) is 10.6 Å². The normalized spacial score (nSPS) is 12.6. The summed E-state index contributed by atoms with van der Waals surface area (Å²) in [5.74, 6) is 0.156. The lowest BCUT2D eigenvalue weighted by molar-refractivity contribution is 0.148. The lowest BCUT2D eigenvalue weighted by Gasteiger charge is -2.15. The summed E-state index contributed by atoms with van der Waals surface area (Å²) in [5, 5.41) is 0. The van der Waals surface area contributed by atoms with E-state index in [1.165, 1.54) is 0 Å². The van der Waals surface area contributed by atoms with Crippen LogP contribution in [0, 0.1) is 6.92 Å². The van der Waals surface area contributed by atoms with Gasteiger partial charge < -0.3 is 4.74 Å². The number of aryl methyl sites for hydroxylation is 1. The fraction of sp³-hybridized carbons (Fsp3) is 0.600. The van der Waals surface area contributed by atoms with Crippen LogP contribution in [-0.4, -0.2) is 35.5 Å². The average molecular weight is 315 g/mol. The summed E-state index contributed by atoms with van der Waals surface area (Å²) in [7, 11) is -4.22. The van der Waals surface area contributed by atoms with Crippen molar-refractivity contribution in [1.82, 2.24) is 0 Å². The van der Waals surface area contributed by atoms with Crippen molar-refractivity contribution in [2.24, 2.45) is 0 Å². The molecule has 1 aromatic carbocycles. The van der Waals surface area contributed by atoms with Crippen molar-refractivity contribution in [3.05, 3.63) is 29.8 Å². The Hall–Kier alpha value is -0.653. The van der Waals surface area contributed by atoms with E-state index in [0.29, 0.717) is 17.9 Å². The third-order valence-corrected chi connectivity index (χ3v) is 6.60. The summed E-state index contributed by atoms with van der Waals surface area (Å²) in [6.07, 6.45) is 0.557. The van der Waals surface area contributed by atoms with Crippen LogP contribution in [0.1, 0.15) is 12.0 Å². The van der Waals surface area contributed by atoms with E-state index in [0.717, 1.165) is 18.2 Å². The number of sulfone groups is 1. The minimum absolute atomic E-state index is 0.156. The van der Waals surface area contributed by atoms with Crippen molar-refractivity contribution in [2.45, 2.75) is 43.9 Å². The van der Waals surface area contributed by atoms with Gasteiger partial charge in [0, 0.05) is 21.3 Å². The van der Waals surface area contributed by atoms with Crippen LogP contribution in [0.5, 0.6) is 0 Å². The SMILES string of the molecule is Cc1ccc(S(=O)(=O)CCCOCC[Si](C)(C)C)cc1. The van der Waals surface area contributed by atoms with Gasteiger partial charge in [-0.1, -0.05) is 37.3 Å². The van der Waals surface area contributed by atoms with Crippen molar-refractivity contribution < 1.29 is 13.2 Å². The maximum Gasteiger partial charge on any atom is 0.178 e. The van der Waals surface area contributed by atoms with Gasteiger partial charge in [-0.25, -0.2) is 8.42 Å². The molecule has 114 valence electrons. The maximum atomic E-state index is 12.1. The summed E-state index contributed by atoms with van der Waals surface area (Å²) in [4.78, 5) is 0.408. The lowest BCUT2D eigenvalue weighted by atomic mass is 10.2. The highest BCUT2D eigenvalue weighted by atomic mass is 32.2. The molecule has 0 aliphatic heterocycles. The van der Waals surface area contributed by atoms with E-state index in [-0.39, 0.29) is 5.75 Å². The summed E-state index contributed by atoms with van der Waals surface area (Å²) in [6.45, 7) is 10.1. The Morgan fingerprint density at radius 3 is 2.20 bits per heavy atom. The maximum absolute atomic E-state index is 12.1. The zero-order chi connectivity index (χ0) is 15.2. The Morgan fingerprint density at radius 2 is 1.65 bits per heavy atom. The molecule has 5 heteroatoms. The third-order valence-electron chi connectivity index (χ3n) is 3.08. The Bertz CT molecular complexity index is 501. The van der Waals surface area contributed by atoms with Crippen molar-refractivity contribution in [3.8, 4) is 0 Å². The highest BCUT2D eigenvalue weighted by molar-refractivity contribution is 7.91. The molecular weight excluding hydrogens is 288 g/mol. The highest BCUT2D eigenvalue weighted by Gasteiger charge is 2.14. The van der Waals surface area contributed by atoms with E-state index in [4.69, 9.17) is 4.74 Å². The second-order valence-corrected chi connectivity index (χ2v) is 14.1. The molecule has 0 radical (unpaired) electrons. The monoisotopic (exact) mass is 314 g/mol. The van der Waals surface area contributed by atoms with Gasteiger partial charge in [-0.2, -0.15) is 0 Å². The summed E-state index contributed by atoms with van der Waals surface area (Å²) < 4.78 is 29.7. The Labute approximate surface area is 124 Å². The molecule has 0 saturated carbocycles. The van der Waals surface area contributed by atoms with Crippen LogP contribution < -0.4 is 0 Å². The fourth-order valence-electron chi connectivity index (χ4n) is 1.69. The standard InChI is InChI=1S/C15H26O3SSi/c1-14-6-8-15(9-7-14)19(16,17)12-5-10-18-11-13-20(2,3)4/h6-9H,5,10-13H2,1-4H3. The van der Waals surface area contributed by atoms with Gasteiger partial charge in [-0.3, -0.25) is 0 Å². The molecule has 1 aromatic rings. The third kappa shape index (κ3) is 6.68. The highest BCUT2D eigenvalue weighted by Crippen LogP contribution is 2.13. The van der Waals surface area contributed by atoms with Gasteiger partial charge in [-0.15, -0.1) is 0 Å². The molecule has 0 fully saturated rings. The average Bonchev–Trinajstić information content (AvgIpc) is 2.33. The summed E-state index contributed by atoms with van der Waals surface area (Å²) in [6, 6.07) is 8.14. The smallest absolute Gasteiger partial charge is 0.178 e. The number of rotatable bonds is 8.